The van der Waals surface area contributed by atoms with Crippen LogP contribution in [0.4, 0.5) is 0 Å². The summed E-state index contributed by atoms with van der Waals surface area (Å²) in [6.07, 6.45) is 6.05. The molecule has 0 unspecified atom stereocenters. The lowest BCUT2D eigenvalue weighted by molar-refractivity contribution is 0.124. The zero-order chi connectivity index (χ0) is 15.9. The third kappa shape index (κ3) is 2.74. The van der Waals surface area contributed by atoms with Crippen LogP contribution in [0.5, 0.6) is 0 Å². The van der Waals surface area contributed by atoms with E-state index in [9.17, 15) is 0 Å². The van der Waals surface area contributed by atoms with Gasteiger partial charge in [0.1, 0.15) is 5.01 Å². The Morgan fingerprint density at radius 3 is 2.92 bits per heavy atom. The van der Waals surface area contributed by atoms with Crippen LogP contribution in [0.2, 0.25) is 0 Å². The summed E-state index contributed by atoms with van der Waals surface area (Å²) in [6, 6.07) is 8.77. The fourth-order valence-electron chi connectivity index (χ4n) is 3.51. The molecule has 0 radical (unpaired) electrons. The van der Waals surface area contributed by atoms with E-state index in [1.807, 2.05) is 11.3 Å². The zero-order valence-electron chi connectivity index (χ0n) is 13.5. The van der Waals surface area contributed by atoms with Crippen LogP contribution >= 0.6 is 11.3 Å². The summed E-state index contributed by atoms with van der Waals surface area (Å²) < 4.78 is 6.76. The summed E-state index contributed by atoms with van der Waals surface area (Å²) in [7, 11) is 0. The predicted molar refractivity (Wildman–Crippen MR) is 92.9 cm³/mol. The van der Waals surface area contributed by atoms with Gasteiger partial charge >= 0.3 is 0 Å². The van der Waals surface area contributed by atoms with Crippen molar-refractivity contribution in [2.75, 3.05) is 6.54 Å². The van der Waals surface area contributed by atoms with E-state index in [1.54, 1.807) is 0 Å². The van der Waals surface area contributed by atoms with Crippen LogP contribution < -0.4 is 0 Å². The number of likely N-dealkylation sites (tertiary alicyclic amines) is 1. The minimum atomic E-state index is 0.368. The van der Waals surface area contributed by atoms with Gasteiger partial charge in [0.25, 0.3) is 0 Å². The maximum Gasteiger partial charge on any atom is 0.240 e. The maximum atomic E-state index is 5.49. The van der Waals surface area contributed by atoms with Gasteiger partial charge < -0.3 is 4.52 Å². The molecular formula is C18H20N4OS. The van der Waals surface area contributed by atoms with Gasteiger partial charge in [-0.2, -0.15) is 4.98 Å². The number of aromatic nitrogens is 3. The van der Waals surface area contributed by atoms with Crippen molar-refractivity contribution >= 4 is 21.6 Å². The van der Waals surface area contributed by atoms with Crippen LogP contribution in [0, 0.1) is 0 Å². The Hall–Kier alpha value is -1.79. The molecule has 3 heterocycles. The Bertz CT molecular complexity index is 820. The van der Waals surface area contributed by atoms with Crippen LogP contribution in [0.25, 0.3) is 10.2 Å². The lowest BCUT2D eigenvalue weighted by Gasteiger charge is -2.33. The number of nitrogens with zero attached hydrogens (tertiary/aromatic N) is 4. The summed E-state index contributed by atoms with van der Waals surface area (Å²) in [5, 5.41) is 5.37. The Morgan fingerprint density at radius 1 is 1.12 bits per heavy atom. The van der Waals surface area contributed by atoms with Crippen molar-refractivity contribution in [2.45, 2.75) is 50.6 Å². The van der Waals surface area contributed by atoms with E-state index in [1.165, 1.54) is 35.4 Å². The Balaban J connectivity index is 1.39. The Kier molecular flexibility index (Phi) is 3.60. The van der Waals surface area contributed by atoms with E-state index in [2.05, 4.69) is 39.3 Å². The SMILES string of the molecule is c1ccc2sc([C@H]3CCCCN3Cc3nc(C4CC4)no3)nc2c1. The molecule has 1 aliphatic carbocycles. The van der Waals surface area contributed by atoms with Gasteiger partial charge in [-0.15, -0.1) is 11.3 Å². The number of fused-ring (bicyclic) bond motifs is 1. The number of para-hydroxylation sites is 1. The quantitative estimate of drug-likeness (QED) is 0.709. The molecular weight excluding hydrogens is 320 g/mol. The maximum absolute atomic E-state index is 5.49. The molecule has 5 rings (SSSR count). The van der Waals surface area contributed by atoms with E-state index < -0.39 is 0 Å². The highest BCUT2D eigenvalue weighted by Crippen LogP contribution is 2.39. The normalized spacial score (nSPS) is 22.2. The van der Waals surface area contributed by atoms with Crippen LogP contribution in [-0.4, -0.2) is 26.6 Å². The lowest BCUT2D eigenvalue weighted by Crippen LogP contribution is -2.33. The van der Waals surface area contributed by atoms with Gasteiger partial charge in [-0.25, -0.2) is 4.98 Å². The van der Waals surface area contributed by atoms with Crippen LogP contribution in [0.15, 0.2) is 28.8 Å². The van der Waals surface area contributed by atoms with Crippen molar-refractivity contribution in [3.8, 4) is 0 Å². The van der Waals surface area contributed by atoms with Crippen molar-refractivity contribution in [2.24, 2.45) is 0 Å². The average molecular weight is 340 g/mol. The van der Waals surface area contributed by atoms with Crippen molar-refractivity contribution in [3.63, 3.8) is 0 Å². The monoisotopic (exact) mass is 340 g/mol. The molecule has 6 heteroatoms. The van der Waals surface area contributed by atoms with Crippen LogP contribution in [0.1, 0.15) is 60.8 Å². The molecule has 5 nitrogen and oxygen atoms in total. The van der Waals surface area contributed by atoms with Crippen molar-refractivity contribution in [1.29, 1.82) is 0 Å². The van der Waals surface area contributed by atoms with E-state index >= 15 is 0 Å². The fourth-order valence-corrected chi connectivity index (χ4v) is 4.64. The first-order valence-corrected chi connectivity index (χ1v) is 9.60. The number of thiazole rings is 1. The smallest absolute Gasteiger partial charge is 0.240 e. The Morgan fingerprint density at radius 2 is 2.04 bits per heavy atom. The number of piperidine rings is 1. The highest BCUT2D eigenvalue weighted by atomic mass is 32.1. The van der Waals surface area contributed by atoms with Crippen molar-refractivity contribution in [3.05, 3.63) is 41.0 Å². The minimum absolute atomic E-state index is 0.368. The van der Waals surface area contributed by atoms with Crippen molar-refractivity contribution < 1.29 is 4.52 Å². The summed E-state index contributed by atoms with van der Waals surface area (Å²) >= 11 is 1.82. The molecule has 1 aromatic carbocycles. The molecule has 24 heavy (non-hydrogen) atoms. The number of rotatable bonds is 4. The molecule has 1 aliphatic heterocycles. The van der Waals surface area contributed by atoms with Gasteiger partial charge in [0.15, 0.2) is 5.82 Å². The molecule has 2 aliphatic rings. The zero-order valence-corrected chi connectivity index (χ0v) is 14.3. The van der Waals surface area contributed by atoms with Crippen LogP contribution in [0.3, 0.4) is 0 Å². The average Bonchev–Trinajstić information content (AvgIpc) is 3.20. The first-order chi connectivity index (χ1) is 11.9. The standard InChI is InChI=1S/C18H20N4OS/c1-2-7-15-13(5-1)19-18(24-15)14-6-3-4-10-22(14)11-16-20-17(21-23-16)12-8-9-12/h1-2,5,7,12,14H,3-4,6,8-11H2/t14-/m1/s1. The van der Waals surface area contributed by atoms with Gasteiger partial charge in [-0.05, 0) is 44.4 Å². The fraction of sp³-hybridized carbons (Fsp3) is 0.500. The second kappa shape index (κ2) is 5.93. The number of benzene rings is 1. The molecule has 0 spiro atoms. The largest absolute Gasteiger partial charge is 0.338 e. The third-order valence-corrected chi connectivity index (χ3v) is 6.11. The highest BCUT2D eigenvalue weighted by Gasteiger charge is 2.31. The van der Waals surface area contributed by atoms with Gasteiger partial charge in [0.2, 0.25) is 5.89 Å². The molecule has 124 valence electrons. The second-order valence-electron chi connectivity index (χ2n) is 6.82. The summed E-state index contributed by atoms with van der Waals surface area (Å²) in [6.45, 7) is 1.81. The van der Waals surface area contributed by atoms with Crippen LogP contribution in [-0.2, 0) is 6.54 Å². The molecule has 0 N–H and O–H groups in total. The van der Waals surface area contributed by atoms with E-state index in [4.69, 9.17) is 9.51 Å². The van der Waals surface area contributed by atoms with E-state index in [-0.39, 0.29) is 0 Å². The van der Waals surface area contributed by atoms with E-state index in [0.717, 1.165) is 36.7 Å². The molecule has 2 fully saturated rings. The predicted octanol–water partition coefficient (Wildman–Crippen LogP) is 4.28. The van der Waals surface area contributed by atoms with Gasteiger partial charge in [-0.3, -0.25) is 4.90 Å². The molecule has 1 atom stereocenters. The van der Waals surface area contributed by atoms with Crippen molar-refractivity contribution in [1.82, 2.24) is 20.0 Å². The number of hydrogen-bond acceptors (Lipinski definition) is 6. The van der Waals surface area contributed by atoms with Gasteiger partial charge in [0, 0.05) is 5.92 Å². The second-order valence-corrected chi connectivity index (χ2v) is 7.88. The molecule has 1 saturated carbocycles. The molecule has 0 bridgehead atoms. The first-order valence-electron chi connectivity index (χ1n) is 8.79. The minimum Gasteiger partial charge on any atom is -0.338 e. The van der Waals surface area contributed by atoms with E-state index in [0.29, 0.717) is 12.0 Å². The topological polar surface area (TPSA) is 55.1 Å². The Labute approximate surface area is 144 Å². The molecule has 3 aromatic rings. The molecule has 0 amide bonds. The third-order valence-electron chi connectivity index (χ3n) is 4.97. The summed E-state index contributed by atoms with van der Waals surface area (Å²) in [5.41, 5.74) is 1.11. The summed E-state index contributed by atoms with van der Waals surface area (Å²) in [4.78, 5) is 11.9. The van der Waals surface area contributed by atoms with Gasteiger partial charge in [0.05, 0.1) is 22.8 Å². The number of hydrogen-bond donors (Lipinski definition) is 0. The first kappa shape index (κ1) is 14.5. The molecule has 2 aromatic heterocycles. The lowest BCUT2D eigenvalue weighted by atomic mass is 10.0. The summed E-state index contributed by atoms with van der Waals surface area (Å²) in [5.74, 6) is 2.20. The highest BCUT2D eigenvalue weighted by molar-refractivity contribution is 7.18. The molecule has 1 saturated heterocycles. The van der Waals surface area contributed by atoms with Gasteiger partial charge in [-0.1, -0.05) is 23.7 Å².